The minimum absolute atomic E-state index is 0.337. The van der Waals surface area contributed by atoms with Gasteiger partial charge in [0.1, 0.15) is 17.1 Å². The van der Waals surface area contributed by atoms with Crippen LogP contribution in [0.15, 0.2) is 63.1 Å². The summed E-state index contributed by atoms with van der Waals surface area (Å²) in [4.78, 5) is 29.3. The number of methoxy groups -OCH3 is 2. The summed E-state index contributed by atoms with van der Waals surface area (Å²) in [5.74, 6) is 0.639. The van der Waals surface area contributed by atoms with Crippen LogP contribution < -0.4 is 20.4 Å². The van der Waals surface area contributed by atoms with E-state index in [-0.39, 0.29) is 5.91 Å². The molecule has 0 unspecified atom stereocenters. The molecule has 7 nitrogen and oxygen atoms in total. The van der Waals surface area contributed by atoms with Crippen LogP contribution in [0, 0.1) is 0 Å². The Morgan fingerprint density at radius 1 is 1.07 bits per heavy atom. The molecule has 8 heteroatoms. The number of anilines is 1. The standard InChI is InChI=1S/C21H16N2O5S/c1-26-14-7-13(8-15(10-14)27-2)19(24)23-21-22-17(11-29-21)16-9-12-5-3-4-6-18(12)28-20(16)25/h3-11H,1-2H3,(H,22,23,24). The normalized spacial score (nSPS) is 10.7. The summed E-state index contributed by atoms with van der Waals surface area (Å²) in [6.45, 7) is 0. The number of nitrogens with one attached hydrogen (secondary N) is 1. The second-order valence-electron chi connectivity index (χ2n) is 6.08. The lowest BCUT2D eigenvalue weighted by atomic mass is 10.1. The smallest absolute Gasteiger partial charge is 0.345 e. The molecule has 0 saturated heterocycles. The zero-order valence-corrected chi connectivity index (χ0v) is 16.4. The van der Waals surface area contributed by atoms with Crippen LogP contribution in [0.4, 0.5) is 5.13 Å². The van der Waals surface area contributed by atoms with E-state index in [4.69, 9.17) is 13.9 Å². The van der Waals surface area contributed by atoms with Crippen LogP contribution in [-0.4, -0.2) is 25.1 Å². The Morgan fingerprint density at radius 3 is 2.52 bits per heavy atom. The first-order valence-electron chi connectivity index (χ1n) is 8.60. The van der Waals surface area contributed by atoms with Crippen LogP contribution in [0.2, 0.25) is 0 Å². The van der Waals surface area contributed by atoms with Crippen molar-refractivity contribution in [2.45, 2.75) is 0 Å². The van der Waals surface area contributed by atoms with Gasteiger partial charge in [-0.3, -0.25) is 10.1 Å². The number of rotatable bonds is 5. The number of fused-ring (bicyclic) bond motifs is 1. The fraction of sp³-hybridized carbons (Fsp3) is 0.0952. The number of benzene rings is 2. The second-order valence-corrected chi connectivity index (χ2v) is 6.94. The highest BCUT2D eigenvalue weighted by atomic mass is 32.1. The van der Waals surface area contributed by atoms with E-state index >= 15 is 0 Å². The van der Waals surface area contributed by atoms with Gasteiger partial charge < -0.3 is 13.9 Å². The Labute approximate surface area is 169 Å². The third-order valence-corrected chi connectivity index (χ3v) is 5.01. The summed E-state index contributed by atoms with van der Waals surface area (Å²) in [6, 6.07) is 13.9. The summed E-state index contributed by atoms with van der Waals surface area (Å²) >= 11 is 1.22. The number of nitrogens with zero attached hydrogens (tertiary/aromatic N) is 1. The molecule has 0 fully saturated rings. The molecule has 2 aromatic carbocycles. The first-order valence-corrected chi connectivity index (χ1v) is 9.48. The predicted octanol–water partition coefficient (Wildman–Crippen LogP) is 4.19. The van der Waals surface area contributed by atoms with Gasteiger partial charge >= 0.3 is 5.63 Å². The number of carbonyl (C=O) groups is 1. The maximum atomic E-state index is 12.6. The van der Waals surface area contributed by atoms with Crippen molar-refractivity contribution in [2.24, 2.45) is 0 Å². The van der Waals surface area contributed by atoms with E-state index in [9.17, 15) is 9.59 Å². The Hall–Kier alpha value is -3.65. The summed E-state index contributed by atoms with van der Waals surface area (Å²) in [5.41, 5.74) is 1.17. The molecule has 2 aromatic heterocycles. The zero-order chi connectivity index (χ0) is 20.4. The van der Waals surface area contributed by atoms with Gasteiger partial charge in [-0.25, -0.2) is 9.78 Å². The average Bonchev–Trinajstić information content (AvgIpc) is 3.20. The van der Waals surface area contributed by atoms with E-state index in [1.807, 2.05) is 12.1 Å². The van der Waals surface area contributed by atoms with Crippen molar-refractivity contribution >= 4 is 33.3 Å². The van der Waals surface area contributed by atoms with Gasteiger partial charge in [0.05, 0.1) is 25.5 Å². The molecule has 0 radical (unpaired) electrons. The number of aromatic nitrogens is 1. The van der Waals surface area contributed by atoms with E-state index in [1.54, 1.807) is 41.8 Å². The van der Waals surface area contributed by atoms with E-state index in [0.717, 1.165) is 5.39 Å². The summed E-state index contributed by atoms with van der Waals surface area (Å²) in [6.07, 6.45) is 0. The second kappa shape index (κ2) is 7.76. The van der Waals surface area contributed by atoms with Crippen molar-refractivity contribution < 1.29 is 18.7 Å². The Balaban J connectivity index is 1.61. The molecule has 29 heavy (non-hydrogen) atoms. The zero-order valence-electron chi connectivity index (χ0n) is 15.6. The van der Waals surface area contributed by atoms with Crippen LogP contribution in [-0.2, 0) is 0 Å². The van der Waals surface area contributed by atoms with E-state index in [0.29, 0.717) is 39.0 Å². The highest BCUT2D eigenvalue weighted by Crippen LogP contribution is 2.27. The molecule has 0 aliphatic carbocycles. The van der Waals surface area contributed by atoms with Crippen LogP contribution >= 0.6 is 11.3 Å². The van der Waals surface area contributed by atoms with Crippen LogP contribution in [0.5, 0.6) is 11.5 Å². The number of carbonyl (C=O) groups excluding carboxylic acids is 1. The molecule has 4 rings (SSSR count). The molecule has 0 spiro atoms. The number of amides is 1. The SMILES string of the molecule is COc1cc(OC)cc(C(=O)Nc2nc(-c3cc4ccccc4oc3=O)cs2)c1. The minimum Gasteiger partial charge on any atom is -0.497 e. The quantitative estimate of drug-likeness (QED) is 0.498. The maximum absolute atomic E-state index is 12.6. The molecule has 0 atom stereocenters. The van der Waals surface area contributed by atoms with Crippen molar-refractivity contribution in [3.8, 4) is 22.8 Å². The van der Waals surface area contributed by atoms with E-state index in [2.05, 4.69) is 10.3 Å². The molecular formula is C21H16N2O5S. The molecule has 0 bridgehead atoms. The van der Waals surface area contributed by atoms with Gasteiger partial charge in [0.2, 0.25) is 0 Å². The van der Waals surface area contributed by atoms with Crippen LogP contribution in [0.1, 0.15) is 10.4 Å². The fourth-order valence-corrected chi connectivity index (χ4v) is 3.51. The van der Waals surface area contributed by atoms with Gasteiger partial charge in [-0.2, -0.15) is 0 Å². The Bertz CT molecular complexity index is 1240. The third kappa shape index (κ3) is 3.83. The highest BCUT2D eigenvalue weighted by Gasteiger charge is 2.15. The molecule has 146 valence electrons. The molecule has 0 saturated carbocycles. The van der Waals surface area contributed by atoms with Crippen molar-refractivity contribution in [1.29, 1.82) is 0 Å². The molecular weight excluding hydrogens is 392 g/mol. The fourth-order valence-electron chi connectivity index (χ4n) is 2.80. The predicted molar refractivity (Wildman–Crippen MR) is 111 cm³/mol. The Morgan fingerprint density at radius 2 is 1.79 bits per heavy atom. The van der Waals surface area contributed by atoms with E-state index in [1.165, 1.54) is 25.6 Å². The largest absolute Gasteiger partial charge is 0.497 e. The summed E-state index contributed by atoms with van der Waals surface area (Å²) in [7, 11) is 3.03. The van der Waals surface area contributed by atoms with E-state index < -0.39 is 5.63 Å². The van der Waals surface area contributed by atoms with Gasteiger partial charge in [-0.15, -0.1) is 11.3 Å². The van der Waals surface area contributed by atoms with Gasteiger partial charge in [-0.05, 0) is 24.3 Å². The maximum Gasteiger partial charge on any atom is 0.345 e. The van der Waals surface area contributed by atoms with Gasteiger partial charge in [0.25, 0.3) is 5.91 Å². The number of hydrogen-bond donors (Lipinski definition) is 1. The van der Waals surface area contributed by atoms with Gasteiger partial charge in [0, 0.05) is 22.4 Å². The molecule has 1 N–H and O–H groups in total. The van der Waals surface area contributed by atoms with Crippen LogP contribution in [0.3, 0.4) is 0 Å². The first kappa shape index (κ1) is 18.7. The topological polar surface area (TPSA) is 90.7 Å². The number of para-hydroxylation sites is 1. The number of ether oxygens (including phenoxy) is 2. The third-order valence-electron chi connectivity index (χ3n) is 4.26. The monoisotopic (exact) mass is 408 g/mol. The number of thiazole rings is 1. The average molecular weight is 408 g/mol. The van der Waals surface area contributed by atoms with Crippen molar-refractivity contribution in [3.63, 3.8) is 0 Å². The van der Waals surface area contributed by atoms with Crippen molar-refractivity contribution in [1.82, 2.24) is 4.98 Å². The van der Waals surface area contributed by atoms with Crippen molar-refractivity contribution in [2.75, 3.05) is 19.5 Å². The lowest BCUT2D eigenvalue weighted by Gasteiger charge is -2.08. The molecule has 2 heterocycles. The minimum atomic E-state index is -0.482. The lowest BCUT2D eigenvalue weighted by Crippen LogP contribution is -2.12. The molecule has 0 aliphatic rings. The van der Waals surface area contributed by atoms with Gasteiger partial charge in [-0.1, -0.05) is 18.2 Å². The molecule has 0 aliphatic heterocycles. The van der Waals surface area contributed by atoms with Gasteiger partial charge in [0.15, 0.2) is 5.13 Å². The summed E-state index contributed by atoms with van der Waals surface area (Å²) in [5, 5.41) is 5.59. The first-order chi connectivity index (χ1) is 14.1. The Kier molecular flexibility index (Phi) is 5.01. The highest BCUT2D eigenvalue weighted by molar-refractivity contribution is 7.14. The number of hydrogen-bond acceptors (Lipinski definition) is 7. The summed E-state index contributed by atoms with van der Waals surface area (Å²) < 4.78 is 15.7. The molecule has 4 aromatic rings. The molecule has 1 amide bonds. The van der Waals surface area contributed by atoms with Crippen LogP contribution in [0.25, 0.3) is 22.2 Å². The lowest BCUT2D eigenvalue weighted by molar-refractivity contribution is 0.102. The van der Waals surface area contributed by atoms with Crippen molar-refractivity contribution in [3.05, 3.63) is 69.9 Å².